The number of hydrogen-bond donors (Lipinski definition) is 3. The Balaban J connectivity index is 2.51. The summed E-state index contributed by atoms with van der Waals surface area (Å²) in [4.78, 5) is 3.22. The number of aromatic amines is 1. The summed E-state index contributed by atoms with van der Waals surface area (Å²) in [5, 5.41) is 16.2. The van der Waals surface area contributed by atoms with Crippen LogP contribution in [0.3, 0.4) is 0 Å². The molecule has 1 aromatic rings. The number of rotatable bonds is 4. The van der Waals surface area contributed by atoms with Crippen LogP contribution in [0, 0.1) is 0 Å². The highest BCUT2D eigenvalue weighted by Gasteiger charge is 2.35. The van der Waals surface area contributed by atoms with E-state index < -0.39 is 12.0 Å². The van der Waals surface area contributed by atoms with Gasteiger partial charge in [0.05, 0.1) is 13.2 Å². The molecule has 0 saturated carbocycles. The largest absolute Gasteiger partial charge is 0.453 e. The lowest BCUT2D eigenvalue weighted by molar-refractivity contribution is -0.144. The highest BCUT2D eigenvalue weighted by molar-refractivity contribution is 4.93. The van der Waals surface area contributed by atoms with Crippen LogP contribution in [0.1, 0.15) is 11.6 Å². The minimum absolute atomic E-state index is 0.0831. The van der Waals surface area contributed by atoms with Crippen LogP contribution in [0.2, 0.25) is 0 Å². The Labute approximate surface area is 77.3 Å². The van der Waals surface area contributed by atoms with E-state index in [0.29, 0.717) is 6.54 Å². The number of H-pyrrole nitrogens is 1. The van der Waals surface area contributed by atoms with E-state index in [2.05, 4.69) is 20.5 Å². The maximum Gasteiger partial charge on any atom is 0.453 e. The number of alkyl halides is 3. The lowest BCUT2D eigenvalue weighted by atomic mass is 10.5. The molecule has 5 nitrogen and oxygen atoms in total. The van der Waals surface area contributed by atoms with Crippen LogP contribution in [0.4, 0.5) is 13.2 Å². The van der Waals surface area contributed by atoms with E-state index in [0.717, 1.165) is 0 Å². The van der Waals surface area contributed by atoms with Gasteiger partial charge in [0.15, 0.2) is 0 Å². The first-order chi connectivity index (χ1) is 6.54. The molecule has 0 unspecified atom stereocenters. The molecule has 0 amide bonds. The van der Waals surface area contributed by atoms with E-state index in [1.165, 1.54) is 0 Å². The van der Waals surface area contributed by atoms with E-state index in [-0.39, 0.29) is 19.0 Å². The lowest BCUT2D eigenvalue weighted by Gasteiger charge is -1.98. The summed E-state index contributed by atoms with van der Waals surface area (Å²) in [5.74, 6) is -1.09. The summed E-state index contributed by atoms with van der Waals surface area (Å²) in [6, 6.07) is 0. The summed E-state index contributed by atoms with van der Waals surface area (Å²) >= 11 is 0. The SMILES string of the molecule is OCCNCc1nc(C(F)(F)F)n[nH]1. The molecule has 0 fully saturated rings. The third-order valence-corrected chi connectivity index (χ3v) is 1.37. The third kappa shape index (κ3) is 2.96. The number of aromatic nitrogens is 3. The summed E-state index contributed by atoms with van der Waals surface area (Å²) in [6.07, 6.45) is -4.52. The highest BCUT2D eigenvalue weighted by atomic mass is 19.4. The van der Waals surface area contributed by atoms with Crippen molar-refractivity contribution < 1.29 is 18.3 Å². The Morgan fingerprint density at radius 1 is 1.43 bits per heavy atom. The van der Waals surface area contributed by atoms with E-state index in [9.17, 15) is 13.2 Å². The number of aliphatic hydroxyl groups excluding tert-OH is 1. The molecular formula is C6H9F3N4O. The van der Waals surface area contributed by atoms with Crippen LogP contribution < -0.4 is 5.32 Å². The minimum Gasteiger partial charge on any atom is -0.395 e. The van der Waals surface area contributed by atoms with Crippen LogP contribution >= 0.6 is 0 Å². The van der Waals surface area contributed by atoms with Crippen molar-refractivity contribution in [2.75, 3.05) is 13.2 Å². The quantitative estimate of drug-likeness (QED) is 0.607. The Morgan fingerprint density at radius 2 is 2.14 bits per heavy atom. The van der Waals surface area contributed by atoms with E-state index in [1.54, 1.807) is 0 Å². The second kappa shape index (κ2) is 4.38. The second-order valence-corrected chi connectivity index (χ2v) is 2.50. The van der Waals surface area contributed by atoms with Gasteiger partial charge < -0.3 is 10.4 Å². The van der Waals surface area contributed by atoms with Gasteiger partial charge in [-0.05, 0) is 0 Å². The maximum absolute atomic E-state index is 12.0. The van der Waals surface area contributed by atoms with Gasteiger partial charge in [0, 0.05) is 6.54 Å². The van der Waals surface area contributed by atoms with Gasteiger partial charge in [0.1, 0.15) is 5.82 Å². The summed E-state index contributed by atoms with van der Waals surface area (Å²) < 4.78 is 36.0. The van der Waals surface area contributed by atoms with Crippen molar-refractivity contribution in [2.24, 2.45) is 0 Å². The third-order valence-electron chi connectivity index (χ3n) is 1.37. The molecule has 8 heteroatoms. The Hall–Kier alpha value is -1.15. The van der Waals surface area contributed by atoms with Crippen LogP contribution in [-0.4, -0.2) is 33.4 Å². The molecule has 0 aliphatic rings. The van der Waals surface area contributed by atoms with Crippen molar-refractivity contribution in [1.29, 1.82) is 0 Å². The van der Waals surface area contributed by atoms with Gasteiger partial charge in [0.25, 0.3) is 5.82 Å². The van der Waals surface area contributed by atoms with Gasteiger partial charge in [-0.2, -0.15) is 13.2 Å². The molecule has 1 rings (SSSR count). The van der Waals surface area contributed by atoms with Crippen LogP contribution in [0.25, 0.3) is 0 Å². The summed E-state index contributed by atoms with van der Waals surface area (Å²) in [6.45, 7) is 0.325. The van der Waals surface area contributed by atoms with E-state index in [1.807, 2.05) is 0 Å². The smallest absolute Gasteiger partial charge is 0.395 e. The molecule has 0 aromatic carbocycles. The van der Waals surface area contributed by atoms with Crippen LogP contribution in [0.5, 0.6) is 0 Å². The molecule has 0 aliphatic carbocycles. The number of halogens is 3. The van der Waals surface area contributed by atoms with Crippen molar-refractivity contribution in [3.63, 3.8) is 0 Å². The minimum atomic E-state index is -4.52. The molecule has 0 saturated heterocycles. The van der Waals surface area contributed by atoms with Crippen LogP contribution in [0.15, 0.2) is 0 Å². The molecular weight excluding hydrogens is 201 g/mol. The number of hydrogen-bond acceptors (Lipinski definition) is 4. The topological polar surface area (TPSA) is 73.8 Å². The summed E-state index contributed by atoms with van der Waals surface area (Å²) in [7, 11) is 0. The monoisotopic (exact) mass is 210 g/mol. The number of nitrogens with zero attached hydrogens (tertiary/aromatic N) is 2. The van der Waals surface area contributed by atoms with Crippen LogP contribution in [-0.2, 0) is 12.7 Å². The summed E-state index contributed by atoms with van der Waals surface area (Å²) in [5.41, 5.74) is 0. The van der Waals surface area contributed by atoms with Crippen molar-refractivity contribution in [1.82, 2.24) is 20.5 Å². The molecule has 1 aromatic heterocycles. The second-order valence-electron chi connectivity index (χ2n) is 2.50. The fraction of sp³-hybridized carbons (Fsp3) is 0.667. The zero-order valence-corrected chi connectivity index (χ0v) is 7.10. The molecule has 3 N–H and O–H groups in total. The molecule has 0 radical (unpaired) electrons. The van der Waals surface area contributed by atoms with Gasteiger partial charge in [-0.25, -0.2) is 4.98 Å². The Morgan fingerprint density at radius 3 is 2.64 bits per heavy atom. The normalized spacial score (nSPS) is 12.0. The van der Waals surface area contributed by atoms with Crippen molar-refractivity contribution >= 4 is 0 Å². The zero-order chi connectivity index (χ0) is 10.6. The number of aliphatic hydroxyl groups is 1. The zero-order valence-electron chi connectivity index (χ0n) is 7.10. The fourth-order valence-electron chi connectivity index (χ4n) is 0.787. The fourth-order valence-corrected chi connectivity index (χ4v) is 0.787. The average molecular weight is 210 g/mol. The average Bonchev–Trinajstić information content (AvgIpc) is 2.52. The predicted octanol–water partition coefficient (Wildman–Crippen LogP) is -0.0946. The van der Waals surface area contributed by atoms with Gasteiger partial charge in [-0.1, -0.05) is 0 Å². The molecule has 0 atom stereocenters. The van der Waals surface area contributed by atoms with Crippen molar-refractivity contribution in [3.8, 4) is 0 Å². The molecule has 0 bridgehead atoms. The van der Waals surface area contributed by atoms with Gasteiger partial charge in [-0.3, -0.25) is 5.10 Å². The van der Waals surface area contributed by atoms with Crippen molar-refractivity contribution in [3.05, 3.63) is 11.6 Å². The lowest BCUT2D eigenvalue weighted by Crippen LogP contribution is -2.18. The number of nitrogens with one attached hydrogen (secondary N) is 2. The molecule has 80 valence electrons. The predicted molar refractivity (Wildman–Crippen MR) is 40.2 cm³/mol. The van der Waals surface area contributed by atoms with Crippen molar-refractivity contribution in [2.45, 2.75) is 12.7 Å². The van der Waals surface area contributed by atoms with Gasteiger partial charge >= 0.3 is 6.18 Å². The standard InChI is InChI=1S/C6H9F3N4O/c7-6(8,9)5-11-4(12-13-5)3-10-1-2-14/h10,14H,1-3H2,(H,11,12,13). The molecule has 0 spiro atoms. The molecule has 0 aliphatic heterocycles. The first kappa shape index (κ1) is 10.9. The van der Waals surface area contributed by atoms with E-state index in [4.69, 9.17) is 5.11 Å². The first-order valence-corrected chi connectivity index (χ1v) is 3.84. The van der Waals surface area contributed by atoms with E-state index >= 15 is 0 Å². The Kier molecular flexibility index (Phi) is 3.42. The first-order valence-electron chi connectivity index (χ1n) is 3.84. The molecule has 1 heterocycles. The maximum atomic E-state index is 12.0. The highest BCUT2D eigenvalue weighted by Crippen LogP contribution is 2.25. The molecule has 14 heavy (non-hydrogen) atoms. The van der Waals surface area contributed by atoms with Gasteiger partial charge in [-0.15, -0.1) is 5.10 Å². The van der Waals surface area contributed by atoms with Gasteiger partial charge in [0.2, 0.25) is 0 Å². The Bertz CT molecular complexity index is 285.